The molecule has 0 bridgehead atoms. The Labute approximate surface area is 148 Å². The summed E-state index contributed by atoms with van der Waals surface area (Å²) in [5.74, 6) is 0.871. The highest BCUT2D eigenvalue weighted by Crippen LogP contribution is 2.24. The van der Waals surface area contributed by atoms with E-state index in [2.05, 4.69) is 15.0 Å². The molecule has 0 amide bonds. The van der Waals surface area contributed by atoms with Crippen LogP contribution in [0.25, 0.3) is 0 Å². The van der Waals surface area contributed by atoms with Crippen molar-refractivity contribution in [3.63, 3.8) is 0 Å². The second kappa shape index (κ2) is 7.84. The van der Waals surface area contributed by atoms with Gasteiger partial charge in [-0.05, 0) is 48.5 Å². The van der Waals surface area contributed by atoms with Crippen LogP contribution in [0.5, 0.6) is 29.5 Å². The predicted octanol–water partition coefficient (Wildman–Crippen LogP) is 3.09. The second-order valence-corrected chi connectivity index (χ2v) is 4.97. The minimum atomic E-state index is -0.0322. The van der Waals surface area contributed by atoms with Crippen LogP contribution in [0.4, 0.5) is 0 Å². The minimum absolute atomic E-state index is 0.0130. The Hall–Kier alpha value is -3.81. The van der Waals surface area contributed by atoms with Crippen LogP contribution in [0.15, 0.2) is 48.5 Å². The van der Waals surface area contributed by atoms with Gasteiger partial charge in [-0.15, -0.1) is 15.0 Å². The van der Waals surface area contributed by atoms with Crippen molar-refractivity contribution in [2.24, 2.45) is 0 Å². The van der Waals surface area contributed by atoms with Gasteiger partial charge in [0.15, 0.2) is 0 Å². The van der Waals surface area contributed by atoms with Gasteiger partial charge in [0.25, 0.3) is 0 Å². The van der Waals surface area contributed by atoms with Crippen LogP contribution < -0.4 is 14.2 Å². The summed E-state index contributed by atoms with van der Waals surface area (Å²) < 4.78 is 16.1. The maximum atomic E-state index is 10.7. The molecule has 3 aromatic rings. The number of aromatic nitrogens is 3. The first-order valence-electron chi connectivity index (χ1n) is 7.46. The fraction of sp³-hybridized carbons (Fsp3) is 0.0556. The summed E-state index contributed by atoms with van der Waals surface area (Å²) in [6, 6.07) is 12.8. The lowest BCUT2D eigenvalue weighted by Crippen LogP contribution is -2.01. The van der Waals surface area contributed by atoms with E-state index in [0.717, 1.165) is 12.6 Å². The van der Waals surface area contributed by atoms with Crippen LogP contribution in [0.2, 0.25) is 0 Å². The first-order valence-corrected chi connectivity index (χ1v) is 7.46. The Morgan fingerprint density at radius 1 is 0.654 bits per heavy atom. The number of benzene rings is 2. The molecule has 8 heteroatoms. The van der Waals surface area contributed by atoms with Gasteiger partial charge in [0, 0.05) is 11.1 Å². The predicted molar refractivity (Wildman–Crippen MR) is 90.2 cm³/mol. The van der Waals surface area contributed by atoms with Crippen molar-refractivity contribution >= 4 is 12.6 Å². The lowest BCUT2D eigenvalue weighted by molar-refractivity contribution is 0.111. The second-order valence-electron chi connectivity index (χ2n) is 4.97. The summed E-state index contributed by atoms with van der Waals surface area (Å²) in [5, 5.41) is 0. The monoisotopic (exact) mass is 351 g/mol. The summed E-state index contributed by atoms with van der Waals surface area (Å²) in [4.78, 5) is 33.4. The molecule has 1 aromatic heterocycles. The Kier molecular flexibility index (Phi) is 5.14. The van der Waals surface area contributed by atoms with Crippen LogP contribution in [0.1, 0.15) is 20.7 Å². The molecule has 0 unspecified atom stereocenters. The van der Waals surface area contributed by atoms with Gasteiger partial charge in [0.1, 0.15) is 24.1 Å². The van der Waals surface area contributed by atoms with E-state index in [-0.39, 0.29) is 18.0 Å². The molecule has 0 spiro atoms. The molecule has 0 atom stereocenters. The number of methoxy groups -OCH3 is 1. The molecule has 0 fully saturated rings. The average Bonchev–Trinajstić information content (AvgIpc) is 2.69. The summed E-state index contributed by atoms with van der Waals surface area (Å²) in [6.07, 6.45) is 1.47. The van der Waals surface area contributed by atoms with Gasteiger partial charge in [0.05, 0.1) is 7.11 Å². The molecular weight excluding hydrogens is 338 g/mol. The Balaban J connectivity index is 1.82. The maximum absolute atomic E-state index is 10.7. The number of nitrogens with zero attached hydrogens (tertiary/aromatic N) is 3. The van der Waals surface area contributed by atoms with Crippen LogP contribution in [-0.4, -0.2) is 34.6 Å². The Bertz CT molecular complexity index is 839. The molecule has 2 aromatic carbocycles. The van der Waals surface area contributed by atoms with E-state index in [4.69, 9.17) is 14.2 Å². The standard InChI is InChI=1S/C18H13N3O5/c1-24-16-19-17(25-14-6-2-12(10-22)3-7-14)21-18(20-16)26-15-8-4-13(11-23)5-9-15/h2-11H,1H3. The summed E-state index contributed by atoms with van der Waals surface area (Å²) in [6.45, 7) is 0. The zero-order valence-electron chi connectivity index (χ0n) is 13.7. The molecular formula is C18H13N3O5. The van der Waals surface area contributed by atoms with Crippen LogP contribution in [0.3, 0.4) is 0 Å². The van der Waals surface area contributed by atoms with Gasteiger partial charge in [0.2, 0.25) is 0 Å². The minimum Gasteiger partial charge on any atom is -0.467 e. The van der Waals surface area contributed by atoms with E-state index in [9.17, 15) is 9.59 Å². The van der Waals surface area contributed by atoms with Gasteiger partial charge >= 0.3 is 18.0 Å². The number of carbonyl (C=O) groups excluding carboxylic acids is 2. The van der Waals surface area contributed by atoms with E-state index in [0.29, 0.717) is 22.6 Å². The van der Waals surface area contributed by atoms with Gasteiger partial charge in [-0.25, -0.2) is 0 Å². The maximum Gasteiger partial charge on any atom is 0.331 e. The van der Waals surface area contributed by atoms with Crippen molar-refractivity contribution in [3.8, 4) is 29.5 Å². The topological polar surface area (TPSA) is 101 Å². The van der Waals surface area contributed by atoms with E-state index in [1.54, 1.807) is 48.5 Å². The smallest absolute Gasteiger partial charge is 0.331 e. The van der Waals surface area contributed by atoms with Crippen molar-refractivity contribution < 1.29 is 23.8 Å². The van der Waals surface area contributed by atoms with E-state index >= 15 is 0 Å². The number of aldehydes is 2. The first-order chi connectivity index (χ1) is 12.7. The fourth-order valence-electron chi connectivity index (χ4n) is 1.94. The summed E-state index contributed by atoms with van der Waals surface area (Å²) in [7, 11) is 1.40. The molecule has 0 aliphatic heterocycles. The molecule has 0 aliphatic carbocycles. The van der Waals surface area contributed by atoms with Crippen molar-refractivity contribution in [1.29, 1.82) is 0 Å². The molecule has 0 N–H and O–H groups in total. The molecule has 0 radical (unpaired) electrons. The molecule has 26 heavy (non-hydrogen) atoms. The highest BCUT2D eigenvalue weighted by molar-refractivity contribution is 5.75. The SMILES string of the molecule is COc1nc(Oc2ccc(C=O)cc2)nc(Oc2ccc(C=O)cc2)n1. The summed E-state index contributed by atoms with van der Waals surface area (Å²) in [5.41, 5.74) is 1.04. The first kappa shape index (κ1) is 17.0. The normalized spacial score (nSPS) is 10.0. The van der Waals surface area contributed by atoms with E-state index in [1.165, 1.54) is 7.11 Å². The van der Waals surface area contributed by atoms with Gasteiger partial charge in [-0.2, -0.15) is 0 Å². The molecule has 3 rings (SSSR count). The van der Waals surface area contributed by atoms with Crippen LogP contribution in [0, 0.1) is 0 Å². The van der Waals surface area contributed by atoms with Crippen molar-refractivity contribution in [2.45, 2.75) is 0 Å². The molecule has 130 valence electrons. The van der Waals surface area contributed by atoms with Gasteiger partial charge in [-0.3, -0.25) is 9.59 Å². The lowest BCUT2D eigenvalue weighted by atomic mass is 10.2. The average molecular weight is 351 g/mol. The third-order valence-corrected chi connectivity index (χ3v) is 3.21. The molecule has 8 nitrogen and oxygen atoms in total. The molecule has 0 aliphatic rings. The van der Waals surface area contributed by atoms with Crippen molar-refractivity contribution in [2.75, 3.05) is 7.11 Å². The number of hydrogen-bond acceptors (Lipinski definition) is 8. The summed E-state index contributed by atoms with van der Waals surface area (Å²) >= 11 is 0. The number of ether oxygens (including phenoxy) is 3. The highest BCUT2D eigenvalue weighted by atomic mass is 16.5. The number of carbonyl (C=O) groups is 2. The zero-order chi connectivity index (χ0) is 18.4. The quantitative estimate of drug-likeness (QED) is 0.599. The number of rotatable bonds is 7. The highest BCUT2D eigenvalue weighted by Gasteiger charge is 2.11. The van der Waals surface area contributed by atoms with Gasteiger partial charge < -0.3 is 14.2 Å². The van der Waals surface area contributed by atoms with Crippen molar-refractivity contribution in [3.05, 3.63) is 59.7 Å². The third-order valence-electron chi connectivity index (χ3n) is 3.21. The molecule has 0 saturated carbocycles. The Morgan fingerprint density at radius 2 is 1.04 bits per heavy atom. The van der Waals surface area contributed by atoms with Crippen molar-refractivity contribution in [1.82, 2.24) is 15.0 Å². The van der Waals surface area contributed by atoms with E-state index in [1.807, 2.05) is 0 Å². The lowest BCUT2D eigenvalue weighted by Gasteiger charge is -2.08. The molecule has 1 heterocycles. The largest absolute Gasteiger partial charge is 0.467 e. The van der Waals surface area contributed by atoms with E-state index < -0.39 is 0 Å². The number of hydrogen-bond donors (Lipinski definition) is 0. The van der Waals surface area contributed by atoms with Gasteiger partial charge in [-0.1, -0.05) is 0 Å². The fourth-order valence-corrected chi connectivity index (χ4v) is 1.94. The third kappa shape index (κ3) is 4.18. The zero-order valence-corrected chi connectivity index (χ0v) is 13.7. The van der Waals surface area contributed by atoms with Crippen LogP contribution in [-0.2, 0) is 0 Å². The molecule has 0 saturated heterocycles. The Morgan fingerprint density at radius 3 is 1.38 bits per heavy atom. The van der Waals surface area contributed by atoms with Crippen LogP contribution >= 0.6 is 0 Å².